The highest BCUT2D eigenvalue weighted by atomic mass is 35.5. The van der Waals surface area contributed by atoms with Gasteiger partial charge >= 0.3 is 12.1 Å². The summed E-state index contributed by atoms with van der Waals surface area (Å²) in [5, 5.41) is 9.50. The number of aryl methyl sites for hydroxylation is 1. The molecule has 0 bridgehead atoms. The third-order valence-electron chi connectivity index (χ3n) is 10.5. The fourth-order valence-corrected chi connectivity index (χ4v) is 8.51. The molecule has 0 spiro atoms. The Morgan fingerprint density at radius 2 is 1.72 bits per heavy atom. The van der Waals surface area contributed by atoms with Crippen LogP contribution in [-0.4, -0.2) is 73.4 Å². The summed E-state index contributed by atoms with van der Waals surface area (Å²) in [6.45, 7) is -3.42. The zero-order valence-corrected chi connectivity index (χ0v) is 33.9. The van der Waals surface area contributed by atoms with Crippen molar-refractivity contribution < 1.29 is 66.2 Å². The van der Waals surface area contributed by atoms with Gasteiger partial charge in [0.05, 0.1) is 39.3 Å². The van der Waals surface area contributed by atoms with Crippen molar-refractivity contribution in [2.45, 2.75) is 55.8 Å². The Hall–Kier alpha value is -6.05. The minimum absolute atomic E-state index is 0.0962. The minimum atomic E-state index is -6.04. The monoisotopic (exact) mass is 953 g/mol. The number of aromatic nitrogens is 7. The lowest BCUT2D eigenvalue weighted by atomic mass is 10.0. The van der Waals surface area contributed by atoms with E-state index >= 15 is 8.78 Å². The molecule has 0 saturated heterocycles. The zero-order chi connectivity index (χ0) is 46.6. The largest absolute Gasteiger partial charge is 0.471 e. The Labute approximate surface area is 356 Å². The number of amides is 1. The van der Waals surface area contributed by atoms with Gasteiger partial charge in [0.15, 0.2) is 18.1 Å². The van der Waals surface area contributed by atoms with E-state index in [-0.39, 0.29) is 39.4 Å². The number of ether oxygens (including phenoxy) is 1. The second kappa shape index (κ2) is 15.3. The molecule has 3 atom stereocenters. The van der Waals surface area contributed by atoms with E-state index in [1.807, 2.05) is 0 Å². The van der Waals surface area contributed by atoms with Crippen LogP contribution in [0.4, 0.5) is 54.1 Å². The van der Waals surface area contributed by atoms with Crippen molar-refractivity contribution in [2.24, 2.45) is 13.0 Å². The van der Waals surface area contributed by atoms with Gasteiger partial charge in [-0.05, 0) is 48.2 Å². The lowest BCUT2D eigenvalue weighted by Crippen LogP contribution is -2.41. The molecule has 1 amide bonds. The van der Waals surface area contributed by atoms with Crippen molar-refractivity contribution in [3.05, 3.63) is 97.8 Å². The summed E-state index contributed by atoms with van der Waals surface area (Å²) < 4.78 is 189. The van der Waals surface area contributed by atoms with Crippen LogP contribution >= 0.6 is 11.6 Å². The predicted octanol–water partition coefficient (Wildman–Crippen LogP) is 6.99. The second-order valence-electron chi connectivity index (χ2n) is 15.0. The van der Waals surface area contributed by atoms with E-state index in [0.29, 0.717) is 10.7 Å². The van der Waals surface area contributed by atoms with Gasteiger partial charge < -0.3 is 10.1 Å². The van der Waals surface area contributed by atoms with Gasteiger partial charge in [-0.3, -0.25) is 28.2 Å². The molecule has 1 saturated carbocycles. The number of nitrogens with zero attached hydrogens (tertiary/aromatic N) is 7. The zero-order valence-electron chi connectivity index (χ0n) is 32.3. The van der Waals surface area contributed by atoms with E-state index < -0.39 is 135 Å². The molecule has 2 N–H and O–H groups in total. The van der Waals surface area contributed by atoms with Gasteiger partial charge in [0, 0.05) is 37.1 Å². The Balaban J connectivity index is 1.33. The molecule has 64 heavy (non-hydrogen) atoms. The number of carbonyl (C=O) groups excluding carboxylic acids is 1. The van der Waals surface area contributed by atoms with E-state index in [2.05, 4.69) is 34.9 Å². The molecule has 2 aromatic carbocycles. The fourth-order valence-electron chi connectivity index (χ4n) is 7.77. The topological polar surface area (TPSA) is 168 Å². The standard InChI is InChI=1S/C37H27ClF11N9O5S/c1-56-28-22(5-4-20(38)26(28)32(54-56)55-64(2,61)62)58-33(52-31-17(34(58)60)3-6-24(51-31)63-13-35(43,44)37(47,48)49)21(9-14-7-15(39)10-16(40)8-14)50-23(59)12-57-29-25(27(53-57)30(41)42)18-11-19(18)36(29,45)46/h3-8,10,18-19,21,30H,9,11-13H2,1-2H3,(H,50,59)(H,54,55). The number of alkyl halides is 9. The van der Waals surface area contributed by atoms with Crippen molar-refractivity contribution in [1.29, 1.82) is 0 Å². The first-order chi connectivity index (χ1) is 29.8. The van der Waals surface area contributed by atoms with Crippen molar-refractivity contribution in [1.82, 2.24) is 39.4 Å². The van der Waals surface area contributed by atoms with E-state index in [1.165, 1.54) is 19.2 Å². The number of nitrogens with one attached hydrogen (secondary N) is 2. The molecule has 8 rings (SSSR count). The third-order valence-corrected chi connectivity index (χ3v) is 11.3. The number of anilines is 1. The Morgan fingerprint density at radius 3 is 2.36 bits per heavy atom. The normalized spacial score (nSPS) is 17.5. The molecule has 4 aromatic heterocycles. The highest BCUT2D eigenvalue weighted by molar-refractivity contribution is 7.92. The summed E-state index contributed by atoms with van der Waals surface area (Å²) in [5.74, 6) is -16.7. The SMILES string of the molecule is Cn1nc(NS(C)(=O)=O)c2c(Cl)ccc(-n3c(C(Cc4cc(F)cc(F)c4)NC(=O)Cn4nc(C(F)F)c5c4C(F)(F)C4CC54)nc4nc(OCC(F)(F)C(F)(F)F)ccc4c3=O)c21. The van der Waals surface area contributed by atoms with E-state index in [4.69, 9.17) is 11.6 Å². The summed E-state index contributed by atoms with van der Waals surface area (Å²) >= 11 is 6.51. The smallest absolute Gasteiger partial charge is 0.456 e. The lowest BCUT2D eigenvalue weighted by Gasteiger charge is -2.24. The summed E-state index contributed by atoms with van der Waals surface area (Å²) in [7, 11) is -2.72. The summed E-state index contributed by atoms with van der Waals surface area (Å²) in [6.07, 6.45) is -9.35. The molecule has 2 aliphatic carbocycles. The van der Waals surface area contributed by atoms with Crippen LogP contribution in [0, 0.1) is 17.6 Å². The molecule has 1 fully saturated rings. The number of pyridine rings is 1. The first-order valence-corrected chi connectivity index (χ1v) is 20.7. The average molecular weight is 954 g/mol. The second-order valence-corrected chi connectivity index (χ2v) is 17.2. The molecule has 27 heteroatoms. The highest BCUT2D eigenvalue weighted by Gasteiger charge is 2.67. The molecule has 6 aromatic rings. The number of hydrogen-bond donors (Lipinski definition) is 2. The van der Waals surface area contributed by atoms with Crippen molar-refractivity contribution in [3.8, 4) is 11.6 Å². The number of carbonyl (C=O) groups is 1. The molecule has 3 unspecified atom stereocenters. The number of hydrogen-bond acceptors (Lipinski definition) is 9. The van der Waals surface area contributed by atoms with Gasteiger partial charge in [0.2, 0.25) is 21.8 Å². The number of rotatable bonds is 13. The third kappa shape index (κ3) is 7.93. The van der Waals surface area contributed by atoms with E-state index in [9.17, 15) is 57.5 Å². The van der Waals surface area contributed by atoms with Gasteiger partial charge in [-0.1, -0.05) is 11.6 Å². The molecule has 0 aliphatic heterocycles. The molecule has 2 aliphatic rings. The van der Waals surface area contributed by atoms with Gasteiger partial charge in [-0.2, -0.15) is 45.9 Å². The first-order valence-electron chi connectivity index (χ1n) is 18.4. The summed E-state index contributed by atoms with van der Waals surface area (Å²) in [4.78, 5) is 36.9. The van der Waals surface area contributed by atoms with E-state index in [0.717, 1.165) is 39.8 Å². The maximum atomic E-state index is 15.5. The highest BCUT2D eigenvalue weighted by Crippen LogP contribution is 2.68. The Kier molecular flexibility index (Phi) is 10.7. The van der Waals surface area contributed by atoms with Gasteiger partial charge in [-0.15, -0.1) is 0 Å². The van der Waals surface area contributed by atoms with Crippen LogP contribution in [0.2, 0.25) is 5.02 Å². The molecular weight excluding hydrogens is 927 g/mol. The first kappa shape index (κ1) is 44.6. The van der Waals surface area contributed by atoms with Crippen molar-refractivity contribution in [2.75, 3.05) is 17.6 Å². The Morgan fingerprint density at radius 1 is 1.03 bits per heavy atom. The van der Waals surface area contributed by atoms with Crippen LogP contribution in [0.25, 0.3) is 27.6 Å². The molecule has 14 nitrogen and oxygen atoms in total. The van der Waals surface area contributed by atoms with Crippen LogP contribution in [0.1, 0.15) is 53.1 Å². The molecule has 0 radical (unpaired) electrons. The average Bonchev–Trinajstić information content (AvgIpc) is 3.71. The van der Waals surface area contributed by atoms with Crippen LogP contribution in [0.3, 0.4) is 0 Å². The maximum Gasteiger partial charge on any atom is 0.456 e. The fraction of sp³-hybridized carbons (Fsp3) is 0.351. The van der Waals surface area contributed by atoms with Crippen molar-refractivity contribution in [3.63, 3.8) is 0 Å². The number of benzene rings is 2. The molecule has 340 valence electrons. The van der Waals surface area contributed by atoms with E-state index in [1.54, 1.807) is 0 Å². The lowest BCUT2D eigenvalue weighted by molar-refractivity contribution is -0.290. The molecular formula is C37H27ClF11N9O5S. The minimum Gasteiger partial charge on any atom is -0.471 e. The predicted molar refractivity (Wildman–Crippen MR) is 202 cm³/mol. The van der Waals surface area contributed by atoms with Gasteiger partial charge in [0.25, 0.3) is 17.9 Å². The quantitative estimate of drug-likeness (QED) is 0.116. The maximum absolute atomic E-state index is 15.5. The van der Waals surface area contributed by atoms with Crippen LogP contribution in [0.5, 0.6) is 5.88 Å². The number of sulfonamides is 1. The van der Waals surface area contributed by atoms with Crippen LogP contribution in [-0.2, 0) is 40.8 Å². The Bertz CT molecular complexity index is 3070. The van der Waals surface area contributed by atoms with Crippen molar-refractivity contribution >= 4 is 55.3 Å². The van der Waals surface area contributed by atoms with Crippen LogP contribution in [0.15, 0.2) is 47.3 Å². The number of fused-ring (bicyclic) bond motifs is 5. The molecule has 4 heterocycles. The summed E-state index contributed by atoms with van der Waals surface area (Å²) in [6, 6.07) is 4.36. The van der Waals surface area contributed by atoms with Gasteiger partial charge in [-0.25, -0.2) is 31.0 Å². The summed E-state index contributed by atoms with van der Waals surface area (Å²) in [5.41, 5.74) is -4.70. The number of halogens is 12. The van der Waals surface area contributed by atoms with Gasteiger partial charge in [0.1, 0.15) is 35.4 Å². The van der Waals surface area contributed by atoms with Crippen LogP contribution < -0.4 is 20.3 Å².